The minimum atomic E-state index is -3.77. The number of hydrogen-bond acceptors (Lipinski definition) is 7. The molecule has 26 heavy (non-hydrogen) atoms. The van der Waals surface area contributed by atoms with Crippen molar-refractivity contribution in [1.82, 2.24) is 9.71 Å². The van der Waals surface area contributed by atoms with Crippen molar-refractivity contribution in [3.8, 4) is 21.4 Å². The normalized spacial score (nSPS) is 11.5. The molecule has 138 valence electrons. The first-order chi connectivity index (χ1) is 12.4. The van der Waals surface area contributed by atoms with Crippen molar-refractivity contribution in [2.45, 2.75) is 18.4 Å². The smallest absolute Gasteiger partial charge is 0.244 e. The number of thiophene rings is 1. The summed E-state index contributed by atoms with van der Waals surface area (Å²) in [5, 5.41) is 2.88. The zero-order valence-electron chi connectivity index (χ0n) is 14.5. The largest absolute Gasteiger partial charge is 0.497 e. The molecule has 0 spiro atoms. The molecule has 0 bridgehead atoms. The van der Waals surface area contributed by atoms with Crippen molar-refractivity contribution < 1.29 is 17.9 Å². The maximum absolute atomic E-state index is 12.7. The fraction of sp³-hybridized carbons (Fsp3) is 0.235. The van der Waals surface area contributed by atoms with Crippen LogP contribution in [0.15, 0.2) is 40.6 Å². The number of ether oxygens (including phenoxy) is 2. The summed E-state index contributed by atoms with van der Waals surface area (Å²) < 4.78 is 38.4. The van der Waals surface area contributed by atoms with E-state index in [1.807, 2.05) is 24.4 Å². The topological polar surface area (TPSA) is 77.5 Å². The Hall–Kier alpha value is -1.94. The van der Waals surface area contributed by atoms with Gasteiger partial charge in [-0.1, -0.05) is 6.07 Å². The number of nitrogens with zero attached hydrogens (tertiary/aromatic N) is 1. The van der Waals surface area contributed by atoms with E-state index in [1.54, 1.807) is 23.5 Å². The fourth-order valence-corrected chi connectivity index (χ4v) is 5.40. The third-order valence-corrected chi connectivity index (χ3v) is 7.33. The third-order valence-electron chi connectivity index (χ3n) is 3.71. The highest BCUT2D eigenvalue weighted by Gasteiger charge is 2.21. The zero-order chi connectivity index (χ0) is 18.7. The summed E-state index contributed by atoms with van der Waals surface area (Å²) in [5.41, 5.74) is 0.818. The maximum atomic E-state index is 12.7. The minimum absolute atomic E-state index is 0.0417. The highest BCUT2D eigenvalue weighted by atomic mass is 32.2. The van der Waals surface area contributed by atoms with Crippen LogP contribution in [0.4, 0.5) is 0 Å². The molecule has 6 nitrogen and oxygen atoms in total. The lowest BCUT2D eigenvalue weighted by molar-refractivity contribution is 0.392. The van der Waals surface area contributed by atoms with E-state index in [4.69, 9.17) is 9.47 Å². The van der Waals surface area contributed by atoms with Crippen LogP contribution in [-0.4, -0.2) is 27.6 Å². The Labute approximate surface area is 160 Å². The van der Waals surface area contributed by atoms with Crippen LogP contribution in [0.2, 0.25) is 0 Å². The molecule has 0 radical (unpaired) electrons. The monoisotopic (exact) mass is 410 g/mol. The lowest BCUT2D eigenvalue weighted by Gasteiger charge is -2.11. The van der Waals surface area contributed by atoms with Gasteiger partial charge in [0, 0.05) is 17.5 Å². The van der Waals surface area contributed by atoms with Crippen molar-refractivity contribution in [3.63, 3.8) is 0 Å². The number of aromatic nitrogens is 1. The van der Waals surface area contributed by atoms with Crippen molar-refractivity contribution in [1.29, 1.82) is 0 Å². The van der Waals surface area contributed by atoms with E-state index >= 15 is 0 Å². The van der Waals surface area contributed by atoms with Crippen molar-refractivity contribution in [2.75, 3.05) is 14.2 Å². The maximum Gasteiger partial charge on any atom is 0.244 e. The Kier molecular flexibility index (Phi) is 5.61. The molecule has 2 heterocycles. The second kappa shape index (κ2) is 7.75. The highest BCUT2D eigenvalue weighted by Crippen LogP contribution is 2.32. The van der Waals surface area contributed by atoms with E-state index in [0.29, 0.717) is 5.75 Å². The predicted molar refractivity (Wildman–Crippen MR) is 104 cm³/mol. The fourth-order valence-electron chi connectivity index (χ4n) is 2.33. The van der Waals surface area contributed by atoms with Gasteiger partial charge in [-0.25, -0.2) is 18.1 Å². The van der Waals surface area contributed by atoms with E-state index in [-0.39, 0.29) is 17.2 Å². The Morgan fingerprint density at radius 3 is 2.65 bits per heavy atom. The Morgan fingerprint density at radius 1 is 1.19 bits per heavy atom. The van der Waals surface area contributed by atoms with Crippen LogP contribution in [0.1, 0.15) is 10.6 Å². The molecule has 0 atom stereocenters. The van der Waals surface area contributed by atoms with Gasteiger partial charge in [0.05, 0.1) is 24.8 Å². The number of benzene rings is 1. The lowest BCUT2D eigenvalue weighted by Crippen LogP contribution is -2.23. The summed E-state index contributed by atoms with van der Waals surface area (Å²) in [6, 6.07) is 8.63. The molecule has 1 aromatic carbocycles. The van der Waals surface area contributed by atoms with Crippen molar-refractivity contribution >= 4 is 32.7 Å². The molecule has 3 aromatic rings. The summed E-state index contributed by atoms with van der Waals surface area (Å²) in [6.07, 6.45) is 0. The van der Waals surface area contributed by atoms with E-state index in [2.05, 4.69) is 9.71 Å². The summed E-state index contributed by atoms with van der Waals surface area (Å²) >= 11 is 3.09. The van der Waals surface area contributed by atoms with Crippen LogP contribution in [-0.2, 0) is 16.6 Å². The SMILES string of the molecule is COc1ccc(OC)c(S(=O)(=O)NCc2sc(-c3cccs3)nc2C)c1. The van der Waals surface area contributed by atoms with Gasteiger partial charge in [-0.15, -0.1) is 22.7 Å². The standard InChI is InChI=1S/C17H18N2O4S3/c1-11-15(25-17(19-11)14-5-4-8-24-14)10-18-26(20,21)16-9-12(22-2)6-7-13(16)23-3/h4-9,18H,10H2,1-3H3. The quantitative estimate of drug-likeness (QED) is 0.643. The molecule has 0 aliphatic heterocycles. The van der Waals surface area contributed by atoms with Gasteiger partial charge < -0.3 is 9.47 Å². The molecule has 0 saturated heterocycles. The number of rotatable bonds is 7. The molecule has 0 aliphatic rings. The molecule has 0 amide bonds. The first-order valence-corrected chi connectivity index (χ1v) is 10.8. The molecule has 0 aliphatic carbocycles. The summed E-state index contributed by atoms with van der Waals surface area (Å²) in [6.45, 7) is 2.04. The molecule has 3 rings (SSSR count). The van der Waals surface area contributed by atoms with E-state index < -0.39 is 10.0 Å². The highest BCUT2D eigenvalue weighted by molar-refractivity contribution is 7.89. The second-order valence-electron chi connectivity index (χ2n) is 5.35. The van der Waals surface area contributed by atoms with Crippen LogP contribution in [0.3, 0.4) is 0 Å². The van der Waals surface area contributed by atoms with Gasteiger partial charge in [0.1, 0.15) is 21.4 Å². The summed E-state index contributed by atoms with van der Waals surface area (Å²) in [7, 11) is -0.852. The van der Waals surface area contributed by atoms with E-state index in [9.17, 15) is 8.42 Å². The van der Waals surface area contributed by atoms with Crippen LogP contribution in [0, 0.1) is 6.92 Å². The van der Waals surface area contributed by atoms with Gasteiger partial charge in [-0.05, 0) is 30.5 Å². The lowest BCUT2D eigenvalue weighted by atomic mass is 10.3. The Balaban J connectivity index is 1.83. The average Bonchev–Trinajstić information content (AvgIpc) is 3.29. The number of hydrogen-bond donors (Lipinski definition) is 1. The van der Waals surface area contributed by atoms with Gasteiger partial charge in [0.15, 0.2) is 0 Å². The average molecular weight is 411 g/mol. The van der Waals surface area contributed by atoms with E-state index in [1.165, 1.54) is 31.6 Å². The predicted octanol–water partition coefficient (Wildman–Crippen LogP) is 3.68. The number of methoxy groups -OCH3 is 2. The van der Waals surface area contributed by atoms with Gasteiger partial charge >= 0.3 is 0 Å². The van der Waals surface area contributed by atoms with Crippen LogP contribution < -0.4 is 14.2 Å². The summed E-state index contributed by atoms with van der Waals surface area (Å²) in [5.74, 6) is 0.707. The number of thiazole rings is 1. The molecule has 2 aromatic heterocycles. The third kappa shape index (κ3) is 3.90. The molecular weight excluding hydrogens is 392 g/mol. The molecule has 1 N–H and O–H groups in total. The minimum Gasteiger partial charge on any atom is -0.497 e. The number of sulfonamides is 1. The van der Waals surface area contributed by atoms with Gasteiger partial charge in [0.2, 0.25) is 10.0 Å². The number of nitrogens with one attached hydrogen (secondary N) is 1. The van der Waals surface area contributed by atoms with Crippen molar-refractivity contribution in [3.05, 3.63) is 46.3 Å². The molecule has 0 unspecified atom stereocenters. The first kappa shape index (κ1) is 18.8. The van der Waals surface area contributed by atoms with Gasteiger partial charge in [-0.3, -0.25) is 0 Å². The number of aryl methyl sites for hydroxylation is 1. The molecule has 0 fully saturated rings. The van der Waals surface area contributed by atoms with Crippen LogP contribution >= 0.6 is 22.7 Å². The Morgan fingerprint density at radius 2 is 2.00 bits per heavy atom. The van der Waals surface area contributed by atoms with E-state index in [0.717, 1.165) is 20.5 Å². The zero-order valence-corrected chi connectivity index (χ0v) is 16.9. The molecule has 9 heteroatoms. The molecular formula is C17H18N2O4S3. The molecule has 0 saturated carbocycles. The Bertz CT molecular complexity index is 995. The van der Waals surface area contributed by atoms with Crippen LogP contribution in [0.5, 0.6) is 11.5 Å². The van der Waals surface area contributed by atoms with Gasteiger partial charge in [0.25, 0.3) is 0 Å². The summed E-state index contributed by atoms with van der Waals surface area (Å²) in [4.78, 5) is 6.52. The first-order valence-electron chi connectivity index (χ1n) is 7.66. The van der Waals surface area contributed by atoms with Gasteiger partial charge in [-0.2, -0.15) is 0 Å². The second-order valence-corrected chi connectivity index (χ2v) is 9.11. The van der Waals surface area contributed by atoms with Crippen molar-refractivity contribution in [2.24, 2.45) is 0 Å². The van der Waals surface area contributed by atoms with Crippen LogP contribution in [0.25, 0.3) is 9.88 Å².